The summed E-state index contributed by atoms with van der Waals surface area (Å²) < 4.78 is 86.4. The van der Waals surface area contributed by atoms with Crippen LogP contribution in [0.5, 0.6) is 0 Å². The monoisotopic (exact) mass is 383 g/mol. The normalized spacial score (nSPS) is 12.4. The largest absolute Gasteiger partial charge is 0.435 e. The van der Waals surface area contributed by atoms with Crippen LogP contribution >= 0.6 is 0 Å². The number of anilines is 1. The van der Waals surface area contributed by atoms with Gasteiger partial charge in [0.05, 0.1) is 10.6 Å². The van der Waals surface area contributed by atoms with Gasteiger partial charge < -0.3 is 5.32 Å². The Kier molecular flexibility index (Phi) is 5.11. The third kappa shape index (κ3) is 4.32. The SMILES string of the molecule is O=C(Cn1ccc(C(F)(F)F)n1)Nc1ccccc1S(=O)(=O)C(F)F. The van der Waals surface area contributed by atoms with E-state index in [4.69, 9.17) is 0 Å². The Hall–Kier alpha value is -2.50. The van der Waals surface area contributed by atoms with Gasteiger partial charge in [0.15, 0.2) is 5.69 Å². The van der Waals surface area contributed by atoms with Crippen LogP contribution < -0.4 is 5.32 Å². The fourth-order valence-corrected chi connectivity index (χ4v) is 2.74. The summed E-state index contributed by atoms with van der Waals surface area (Å²) in [7, 11) is -4.96. The second-order valence-electron chi connectivity index (χ2n) is 4.75. The molecular formula is C13H10F5N3O3S. The number of carbonyl (C=O) groups is 1. The Bertz CT molecular complexity index is 877. The topological polar surface area (TPSA) is 81.1 Å². The van der Waals surface area contributed by atoms with Gasteiger partial charge in [-0.25, -0.2) is 8.42 Å². The van der Waals surface area contributed by atoms with Gasteiger partial charge in [-0.3, -0.25) is 9.48 Å². The van der Waals surface area contributed by atoms with Gasteiger partial charge in [-0.05, 0) is 18.2 Å². The quantitative estimate of drug-likeness (QED) is 0.805. The van der Waals surface area contributed by atoms with Crippen LogP contribution in [0.15, 0.2) is 41.4 Å². The molecule has 0 aliphatic carbocycles. The molecule has 0 spiro atoms. The number of nitrogens with one attached hydrogen (secondary N) is 1. The number of rotatable bonds is 5. The van der Waals surface area contributed by atoms with E-state index in [9.17, 15) is 35.2 Å². The lowest BCUT2D eigenvalue weighted by Crippen LogP contribution is -2.22. The van der Waals surface area contributed by atoms with Gasteiger partial charge in [0.25, 0.3) is 0 Å². The molecule has 136 valence electrons. The number of carbonyl (C=O) groups excluding carboxylic acids is 1. The van der Waals surface area contributed by atoms with E-state index in [0.717, 1.165) is 18.3 Å². The molecule has 0 saturated carbocycles. The summed E-state index contributed by atoms with van der Waals surface area (Å²) in [4.78, 5) is 11.1. The standard InChI is InChI=1S/C13H10F5N3O3S/c14-12(15)25(23,24)9-4-2-1-3-8(9)19-11(22)7-21-6-5-10(20-21)13(16,17)18/h1-6,12H,7H2,(H,19,22). The van der Waals surface area contributed by atoms with E-state index in [2.05, 4.69) is 10.4 Å². The minimum absolute atomic E-state index is 0.406. The first-order valence-electron chi connectivity index (χ1n) is 6.53. The Balaban J connectivity index is 2.18. The van der Waals surface area contributed by atoms with Gasteiger partial charge in [-0.15, -0.1) is 0 Å². The van der Waals surface area contributed by atoms with Crippen LogP contribution in [0.1, 0.15) is 5.69 Å². The predicted molar refractivity (Wildman–Crippen MR) is 75.5 cm³/mol. The lowest BCUT2D eigenvalue weighted by atomic mass is 10.3. The van der Waals surface area contributed by atoms with Crippen LogP contribution in [0.25, 0.3) is 0 Å². The van der Waals surface area contributed by atoms with Gasteiger partial charge in [-0.2, -0.15) is 27.1 Å². The molecule has 6 nitrogen and oxygen atoms in total. The van der Waals surface area contributed by atoms with Crippen molar-refractivity contribution < 1.29 is 35.2 Å². The summed E-state index contributed by atoms with van der Waals surface area (Å²) in [5.41, 5.74) is -1.61. The molecule has 1 heterocycles. The minimum atomic E-state index is -4.96. The van der Waals surface area contributed by atoms with Gasteiger partial charge >= 0.3 is 11.9 Å². The van der Waals surface area contributed by atoms with Crippen molar-refractivity contribution in [2.45, 2.75) is 23.4 Å². The van der Waals surface area contributed by atoms with Gasteiger partial charge in [-0.1, -0.05) is 12.1 Å². The first-order valence-corrected chi connectivity index (χ1v) is 8.08. The van der Waals surface area contributed by atoms with E-state index < -0.39 is 50.5 Å². The zero-order valence-corrected chi connectivity index (χ0v) is 13.0. The van der Waals surface area contributed by atoms with Crippen LogP contribution in [-0.4, -0.2) is 29.9 Å². The Morgan fingerprint density at radius 1 is 1.20 bits per heavy atom. The summed E-state index contributed by atoms with van der Waals surface area (Å²) in [6.45, 7) is -0.668. The van der Waals surface area contributed by atoms with Crippen molar-refractivity contribution in [3.05, 3.63) is 42.2 Å². The molecule has 1 amide bonds. The van der Waals surface area contributed by atoms with Crippen molar-refractivity contribution in [3.63, 3.8) is 0 Å². The van der Waals surface area contributed by atoms with Crippen LogP contribution in [0.4, 0.5) is 27.6 Å². The van der Waals surface area contributed by atoms with Gasteiger partial charge in [0, 0.05) is 6.20 Å². The summed E-state index contributed by atoms with van der Waals surface area (Å²) >= 11 is 0. The van der Waals surface area contributed by atoms with E-state index in [0.29, 0.717) is 10.7 Å². The zero-order valence-electron chi connectivity index (χ0n) is 12.2. The summed E-state index contributed by atoms with van der Waals surface area (Å²) in [6, 6.07) is 5.11. The Morgan fingerprint density at radius 2 is 1.84 bits per heavy atom. The number of para-hydroxylation sites is 1. The molecule has 0 aliphatic heterocycles. The molecule has 0 saturated heterocycles. The van der Waals surface area contributed by atoms with E-state index in [1.54, 1.807) is 0 Å². The highest BCUT2D eigenvalue weighted by Gasteiger charge is 2.33. The lowest BCUT2D eigenvalue weighted by molar-refractivity contribution is -0.141. The maximum Gasteiger partial charge on any atom is 0.435 e. The molecule has 0 atom stereocenters. The van der Waals surface area contributed by atoms with Gasteiger partial charge in [0.1, 0.15) is 6.54 Å². The van der Waals surface area contributed by atoms with E-state index >= 15 is 0 Å². The molecule has 1 aromatic carbocycles. The van der Waals surface area contributed by atoms with Crippen molar-refractivity contribution in [3.8, 4) is 0 Å². The lowest BCUT2D eigenvalue weighted by Gasteiger charge is -2.11. The fourth-order valence-electron chi connectivity index (χ4n) is 1.85. The highest BCUT2D eigenvalue weighted by molar-refractivity contribution is 7.91. The Morgan fingerprint density at radius 3 is 2.40 bits per heavy atom. The van der Waals surface area contributed by atoms with E-state index in [-0.39, 0.29) is 0 Å². The van der Waals surface area contributed by atoms with E-state index in [1.165, 1.54) is 12.1 Å². The summed E-state index contributed by atoms with van der Waals surface area (Å²) in [5.74, 6) is -4.63. The minimum Gasteiger partial charge on any atom is -0.323 e. The molecule has 1 aromatic heterocycles. The van der Waals surface area contributed by atoms with Crippen molar-refractivity contribution in [1.82, 2.24) is 9.78 Å². The highest BCUT2D eigenvalue weighted by atomic mass is 32.2. The molecule has 2 rings (SSSR count). The number of aromatic nitrogens is 2. The van der Waals surface area contributed by atoms with Crippen molar-refractivity contribution in [1.29, 1.82) is 0 Å². The second-order valence-corrected chi connectivity index (χ2v) is 6.63. The first-order chi connectivity index (χ1) is 11.5. The number of alkyl halides is 5. The van der Waals surface area contributed by atoms with Crippen molar-refractivity contribution in [2.24, 2.45) is 0 Å². The molecule has 25 heavy (non-hydrogen) atoms. The molecule has 0 aliphatic rings. The van der Waals surface area contributed by atoms with Gasteiger partial charge in [0.2, 0.25) is 15.7 Å². The van der Waals surface area contributed by atoms with Crippen LogP contribution in [0, 0.1) is 0 Å². The number of halogens is 5. The predicted octanol–water partition coefficient (Wildman–Crippen LogP) is 2.54. The number of benzene rings is 1. The summed E-state index contributed by atoms with van der Waals surface area (Å²) in [5, 5.41) is 5.23. The molecule has 0 unspecified atom stereocenters. The number of hydrogen-bond acceptors (Lipinski definition) is 4. The summed E-state index contributed by atoms with van der Waals surface area (Å²) in [6.07, 6.45) is -3.77. The molecule has 0 bridgehead atoms. The van der Waals surface area contributed by atoms with Crippen LogP contribution in [-0.2, 0) is 27.4 Å². The number of hydrogen-bond donors (Lipinski definition) is 1. The number of nitrogens with zero attached hydrogens (tertiary/aromatic N) is 2. The molecule has 1 N–H and O–H groups in total. The van der Waals surface area contributed by atoms with Crippen molar-refractivity contribution in [2.75, 3.05) is 5.32 Å². The molecular weight excluding hydrogens is 373 g/mol. The second kappa shape index (κ2) is 6.78. The van der Waals surface area contributed by atoms with Crippen molar-refractivity contribution >= 4 is 21.4 Å². The zero-order chi connectivity index (χ0) is 18.8. The Labute approximate surface area is 138 Å². The molecule has 2 aromatic rings. The van der Waals surface area contributed by atoms with E-state index in [1.807, 2.05) is 0 Å². The van der Waals surface area contributed by atoms with Crippen LogP contribution in [0.3, 0.4) is 0 Å². The third-order valence-electron chi connectivity index (χ3n) is 2.94. The third-order valence-corrected chi connectivity index (χ3v) is 4.38. The fraction of sp³-hybridized carbons (Fsp3) is 0.231. The average Bonchev–Trinajstić information content (AvgIpc) is 2.96. The van der Waals surface area contributed by atoms with Crippen LogP contribution in [0.2, 0.25) is 0 Å². The molecule has 12 heteroatoms. The maximum absolute atomic E-state index is 12.7. The average molecular weight is 383 g/mol. The molecule has 0 radical (unpaired) electrons. The maximum atomic E-state index is 12.7. The number of sulfone groups is 1. The smallest absolute Gasteiger partial charge is 0.323 e. The first kappa shape index (κ1) is 18.8. The highest BCUT2D eigenvalue weighted by Crippen LogP contribution is 2.28. The number of amides is 1. The molecule has 0 fully saturated rings.